The van der Waals surface area contributed by atoms with E-state index in [0.29, 0.717) is 18.8 Å². The highest BCUT2D eigenvalue weighted by molar-refractivity contribution is 6.32. The molecule has 7 aliphatic rings. The number of aliphatic hydroxyl groups is 6. The number of nitrogens with one attached hydrogen (secondary N) is 7. The maximum atomic E-state index is 16.1. The zero-order valence-corrected chi connectivity index (χ0v) is 60.2. The number of aliphatic hydroxyl groups excluding tert-OH is 6. The molecule has 7 aliphatic heterocycles. The van der Waals surface area contributed by atoms with E-state index in [9.17, 15) is 75.0 Å². The molecule has 21 N–H and O–H groups in total. The number of halogens is 2. The first-order valence-electron chi connectivity index (χ1n) is 34.6. The number of nitrogens with two attached hydrogens (primary N) is 2. The van der Waals surface area contributed by atoms with Crippen LogP contribution >= 0.6 is 23.2 Å². The lowest BCUT2D eigenvalue weighted by Gasteiger charge is -2.48. The molecule has 2 fully saturated rings. The van der Waals surface area contributed by atoms with Gasteiger partial charge in [0.1, 0.15) is 95.2 Å². The number of amides is 7. The Kier molecular flexibility index (Phi) is 25.1. The number of hydrogen-bond donors (Lipinski definition) is 19. The lowest BCUT2D eigenvalue weighted by Crippen LogP contribution is -2.65. The minimum Gasteiger partial charge on any atom is -0.508 e. The van der Waals surface area contributed by atoms with Gasteiger partial charge in [0.2, 0.25) is 53.4 Å². The Hall–Kier alpha value is -10.4. The van der Waals surface area contributed by atoms with Gasteiger partial charge in [0.25, 0.3) is 0 Å². The first kappa shape index (κ1) is 80.6. The van der Waals surface area contributed by atoms with Crippen molar-refractivity contribution in [3.63, 3.8) is 0 Å². The summed E-state index contributed by atoms with van der Waals surface area (Å²) in [6.07, 6.45) is -16.7. The van der Waals surface area contributed by atoms with E-state index in [0.717, 1.165) is 72.3 Å². The Labute approximate surface area is 636 Å². The summed E-state index contributed by atoms with van der Waals surface area (Å²) in [6, 6.07) is 7.48. The summed E-state index contributed by atoms with van der Waals surface area (Å²) in [4.78, 5) is 116. The molecule has 7 amide bonds. The van der Waals surface area contributed by atoms with E-state index in [2.05, 4.69) is 43.8 Å². The minimum absolute atomic E-state index is 0.0188. The molecule has 34 nitrogen and oxygen atoms in total. The number of benzene rings is 6. The number of phenols is 3. The van der Waals surface area contributed by atoms with E-state index < -0.39 is 231 Å². The molecule has 0 aliphatic carbocycles. The van der Waals surface area contributed by atoms with Crippen molar-refractivity contribution in [1.82, 2.24) is 37.2 Å². The standard InChI is InChI=1S/C74H81Cl2N9O25/c1-4-5-18-104-38-9-6-8-32(19-38)29-79-74(3)28-53(105-31(2)66(74)96)109-65-63(95)62(94)50(30-86)108-73(65)110-64-48-23-36-24-49(64)107-47-16-13-35(22-42(47)76)61(93)59-71(101)84-57(72(102)103)40-25-37(87)26-45(89)54(40)39-20-33(11-14-44(39)88)55(68(98)85-59)83-69(99)56(36)82-67(97)43(27-51(78)90)80-70(100)58(81-52(91)10-7-17-77)60(92)34-12-15-46(106-48)41(75)21-34/h4,6,8-9,11-16,19-26,31,43,50,53,55-63,65-66,73,79,86-89,92-96H,1,5,7,10,17-18,27-30,77H2,2-3H3,(H2,78,90)(H,80,100)(H,81,91)(H,82,97)(H,83,99)(H,84,101)(H,85,98)(H,102,103)/t31-,43-,50+,53-,55+,56+,57-,58+,59-,60+,61+,62+,63-,65+,66+,73-,74-/m0/s1. The van der Waals surface area contributed by atoms with Crippen LogP contribution in [0.15, 0.2) is 116 Å². The van der Waals surface area contributed by atoms with Crippen molar-refractivity contribution in [2.24, 2.45) is 11.5 Å². The van der Waals surface area contributed by atoms with Gasteiger partial charge in [0.05, 0.1) is 41.9 Å². The van der Waals surface area contributed by atoms with Crippen molar-refractivity contribution in [2.45, 2.75) is 156 Å². The van der Waals surface area contributed by atoms with Crippen LogP contribution in [0.25, 0.3) is 11.1 Å². The average Bonchev–Trinajstić information content (AvgIpc) is 0.772. The van der Waals surface area contributed by atoms with Crippen LogP contribution in [0.2, 0.25) is 10.0 Å². The number of fused-ring (bicyclic) bond motifs is 15. The summed E-state index contributed by atoms with van der Waals surface area (Å²) < 4.78 is 45.1. The molecule has 6 aromatic rings. The van der Waals surface area contributed by atoms with Crippen molar-refractivity contribution < 1.29 is 123 Å². The number of carbonyl (C=O) groups excluding carboxylic acids is 7. The first-order chi connectivity index (χ1) is 52.4. The summed E-state index contributed by atoms with van der Waals surface area (Å²) in [6.45, 7) is 6.57. The van der Waals surface area contributed by atoms with Crippen LogP contribution in [0.5, 0.6) is 51.7 Å². The lowest BCUT2D eigenvalue weighted by molar-refractivity contribution is -0.334. The fourth-order valence-electron chi connectivity index (χ4n) is 13.4. The topological polar surface area (TPSA) is 540 Å². The summed E-state index contributed by atoms with van der Waals surface area (Å²) in [5.41, 5.74) is 8.04. The highest BCUT2D eigenvalue weighted by Crippen LogP contribution is 2.50. The van der Waals surface area contributed by atoms with Crippen molar-refractivity contribution in [3.05, 3.63) is 159 Å². The minimum atomic E-state index is -2.36. The van der Waals surface area contributed by atoms with E-state index >= 15 is 14.4 Å². The SMILES string of the molecule is C=CCCOc1cccc(CN[C@@]2(C)C[C@H](O[C@H]3[C@H](Oc4c5cc6cc4Oc4ccc(cc4Cl)[C@@H](O)[C@@H](NC(=O)CCCN)C(=O)N[C@@H](CC(N)=O)C(=O)N[C@H]6C(=O)N[C@H]4C(=O)N[C@H](C(=O)N[C@H](C(=O)O)c6cc(O)cc(O)c6-c6cc4ccc6O)[C@H](O)c4ccc(c(Cl)c4)O5)O[C@H](CO)[C@@H](O)[C@@H]3O)O[C@@H](C)[C@H]2O)c1. The molecule has 0 spiro atoms. The van der Waals surface area contributed by atoms with Gasteiger partial charge in [-0.05, 0) is 128 Å². The second-order valence-electron chi connectivity index (χ2n) is 27.0. The second-order valence-corrected chi connectivity index (χ2v) is 27.8. The quantitative estimate of drug-likeness (QED) is 0.0407. The van der Waals surface area contributed by atoms with Crippen molar-refractivity contribution in [2.75, 3.05) is 19.8 Å². The number of carboxylic acids is 1. The number of aromatic hydroxyl groups is 3. The van der Waals surface area contributed by atoms with Crippen LogP contribution in [0, 0.1) is 0 Å². The van der Waals surface area contributed by atoms with Crippen molar-refractivity contribution in [1.29, 1.82) is 0 Å². The van der Waals surface area contributed by atoms with Gasteiger partial charge < -0.3 is 133 Å². The Morgan fingerprint density at radius 3 is 2.03 bits per heavy atom. The summed E-state index contributed by atoms with van der Waals surface area (Å²) >= 11 is 14.2. The van der Waals surface area contributed by atoms with Gasteiger partial charge in [-0.2, -0.15) is 0 Å². The second kappa shape index (κ2) is 34.2. The largest absolute Gasteiger partial charge is 0.508 e. The Morgan fingerprint density at radius 2 is 1.38 bits per heavy atom. The van der Waals surface area contributed by atoms with Gasteiger partial charge in [0.15, 0.2) is 29.9 Å². The molecular weight excluding hydrogens is 1490 g/mol. The fraction of sp³-hybridized carbons (Fsp3) is 0.378. The summed E-state index contributed by atoms with van der Waals surface area (Å²) in [7, 11) is 0. The Morgan fingerprint density at radius 1 is 0.727 bits per heavy atom. The van der Waals surface area contributed by atoms with Crippen molar-refractivity contribution >= 4 is 70.5 Å². The summed E-state index contributed by atoms with van der Waals surface area (Å²) in [5.74, 6) is -15.4. The third-order valence-corrected chi connectivity index (χ3v) is 19.8. The van der Waals surface area contributed by atoms with Crippen LogP contribution in [-0.2, 0) is 59.1 Å². The zero-order valence-electron chi connectivity index (χ0n) is 58.7. The average molecular weight is 1570 g/mol. The third-order valence-electron chi connectivity index (χ3n) is 19.2. The van der Waals surface area contributed by atoms with Gasteiger partial charge in [-0.15, -0.1) is 6.58 Å². The molecule has 0 unspecified atom stereocenters. The Balaban J connectivity index is 1.11. The molecule has 2 saturated heterocycles. The molecule has 6 aromatic carbocycles. The van der Waals surface area contributed by atoms with Crippen LogP contribution in [0.4, 0.5) is 0 Å². The van der Waals surface area contributed by atoms with Crippen molar-refractivity contribution in [3.8, 4) is 62.9 Å². The number of carboxylic acid groups (broad SMARTS) is 1. The van der Waals surface area contributed by atoms with Crippen LogP contribution in [-0.4, -0.2) is 191 Å². The van der Waals surface area contributed by atoms with Gasteiger partial charge in [-0.1, -0.05) is 59.6 Å². The predicted molar refractivity (Wildman–Crippen MR) is 385 cm³/mol. The molecular formula is C74H81Cl2N9O25. The number of hydrogen-bond acceptors (Lipinski definition) is 26. The maximum absolute atomic E-state index is 16.1. The molecule has 586 valence electrons. The van der Waals surface area contributed by atoms with Gasteiger partial charge in [0, 0.05) is 47.7 Å². The molecule has 17 atom stereocenters. The van der Waals surface area contributed by atoms with E-state index in [4.69, 9.17) is 67.8 Å². The van der Waals surface area contributed by atoms with Crippen LogP contribution < -0.4 is 67.6 Å². The molecule has 0 saturated carbocycles. The molecule has 36 heteroatoms. The monoisotopic (exact) mass is 1570 g/mol. The predicted octanol–water partition coefficient (Wildman–Crippen LogP) is 2.00. The number of primary amides is 1. The normalized spacial score (nSPS) is 27.5. The molecule has 13 rings (SSSR count). The third kappa shape index (κ3) is 17.7. The van der Waals surface area contributed by atoms with E-state index in [-0.39, 0.29) is 59.8 Å². The summed E-state index contributed by atoms with van der Waals surface area (Å²) in [5, 5.41) is 133. The molecule has 110 heavy (non-hydrogen) atoms. The number of ether oxygens (including phenoxy) is 7. The fourth-order valence-corrected chi connectivity index (χ4v) is 13.8. The molecule has 7 heterocycles. The van der Waals surface area contributed by atoms with E-state index in [1.54, 1.807) is 32.1 Å². The smallest absolute Gasteiger partial charge is 0.330 e. The molecule has 0 aromatic heterocycles. The maximum Gasteiger partial charge on any atom is 0.330 e. The number of carbonyl (C=O) groups is 8. The first-order valence-corrected chi connectivity index (χ1v) is 35.4. The van der Waals surface area contributed by atoms with E-state index in [1.165, 1.54) is 12.1 Å². The van der Waals surface area contributed by atoms with Gasteiger partial charge >= 0.3 is 5.97 Å². The molecule has 0 radical (unpaired) electrons. The zero-order chi connectivity index (χ0) is 79.3. The highest BCUT2D eigenvalue weighted by Gasteiger charge is 2.52. The van der Waals surface area contributed by atoms with Crippen LogP contribution in [0.3, 0.4) is 0 Å². The highest BCUT2D eigenvalue weighted by atomic mass is 35.5. The van der Waals surface area contributed by atoms with E-state index in [1.807, 2.05) is 12.1 Å². The lowest BCUT2D eigenvalue weighted by atomic mass is 9.84. The number of rotatable bonds is 19. The molecule has 11 bridgehead atoms. The number of phenolic OH excluding ortho intramolecular Hbond substituents is 3. The van der Waals surface area contributed by atoms with Gasteiger partial charge in [-0.3, -0.25) is 33.6 Å². The number of aliphatic carboxylic acids is 1. The van der Waals surface area contributed by atoms with Gasteiger partial charge in [-0.25, -0.2) is 4.79 Å². The van der Waals surface area contributed by atoms with Crippen LogP contribution in [0.1, 0.15) is 110 Å². The Bertz CT molecular complexity index is 4540.